The van der Waals surface area contributed by atoms with Gasteiger partial charge in [-0.3, -0.25) is 0 Å². The lowest BCUT2D eigenvalue weighted by molar-refractivity contribution is 0.493. The Hall–Kier alpha value is -1.36. The quantitative estimate of drug-likeness (QED) is 0.554. The standard InChI is InChI=1S/C14H11BrF3N/c1-7(2)12-13(15)9(6-10(16)14(12)18)8-3-4-19-11(17)5-8/h3-7H,1-2H3. The van der Waals surface area contributed by atoms with Crippen LogP contribution in [0.5, 0.6) is 0 Å². The Morgan fingerprint density at radius 2 is 1.84 bits per heavy atom. The molecular weight excluding hydrogens is 319 g/mol. The highest BCUT2D eigenvalue weighted by Crippen LogP contribution is 2.37. The van der Waals surface area contributed by atoms with Crippen molar-refractivity contribution in [2.45, 2.75) is 19.8 Å². The van der Waals surface area contributed by atoms with E-state index in [9.17, 15) is 13.2 Å². The fraction of sp³-hybridized carbons (Fsp3) is 0.214. The van der Waals surface area contributed by atoms with Gasteiger partial charge in [-0.05, 0) is 45.1 Å². The minimum atomic E-state index is -0.945. The molecule has 5 heteroatoms. The molecule has 0 aliphatic rings. The molecule has 1 aromatic carbocycles. The zero-order valence-electron chi connectivity index (χ0n) is 10.3. The lowest BCUT2D eigenvalue weighted by Gasteiger charge is -2.15. The van der Waals surface area contributed by atoms with Crippen LogP contribution in [0.3, 0.4) is 0 Å². The third-order valence-corrected chi connectivity index (χ3v) is 3.66. The molecule has 0 spiro atoms. The van der Waals surface area contributed by atoms with Crippen molar-refractivity contribution >= 4 is 15.9 Å². The van der Waals surface area contributed by atoms with Crippen LogP contribution in [0, 0.1) is 17.6 Å². The molecule has 1 heterocycles. The molecule has 0 aliphatic carbocycles. The summed E-state index contributed by atoms with van der Waals surface area (Å²) >= 11 is 3.28. The van der Waals surface area contributed by atoms with Gasteiger partial charge >= 0.3 is 0 Å². The third-order valence-electron chi connectivity index (χ3n) is 2.81. The van der Waals surface area contributed by atoms with Gasteiger partial charge in [0.05, 0.1) is 0 Å². The van der Waals surface area contributed by atoms with Crippen molar-refractivity contribution in [3.63, 3.8) is 0 Å². The predicted molar refractivity (Wildman–Crippen MR) is 71.3 cm³/mol. The zero-order valence-corrected chi connectivity index (χ0v) is 11.9. The first-order valence-electron chi connectivity index (χ1n) is 5.71. The minimum Gasteiger partial charge on any atom is -0.228 e. The Kier molecular flexibility index (Phi) is 3.94. The maximum Gasteiger partial charge on any atom is 0.213 e. The fourth-order valence-corrected chi connectivity index (χ4v) is 2.89. The van der Waals surface area contributed by atoms with Gasteiger partial charge in [-0.1, -0.05) is 13.8 Å². The number of aromatic nitrogens is 1. The largest absolute Gasteiger partial charge is 0.228 e. The van der Waals surface area contributed by atoms with E-state index in [0.29, 0.717) is 15.6 Å². The maximum atomic E-state index is 13.8. The molecule has 0 amide bonds. The predicted octanol–water partition coefficient (Wildman–Crippen LogP) is 5.05. The lowest BCUT2D eigenvalue weighted by Crippen LogP contribution is -2.01. The van der Waals surface area contributed by atoms with E-state index in [4.69, 9.17) is 0 Å². The van der Waals surface area contributed by atoms with Gasteiger partial charge in [0.1, 0.15) is 0 Å². The molecule has 1 nitrogen and oxygen atoms in total. The number of benzene rings is 1. The topological polar surface area (TPSA) is 12.9 Å². The Morgan fingerprint density at radius 1 is 1.16 bits per heavy atom. The number of nitrogens with zero attached hydrogens (tertiary/aromatic N) is 1. The van der Waals surface area contributed by atoms with Gasteiger partial charge < -0.3 is 0 Å². The number of hydrogen-bond acceptors (Lipinski definition) is 1. The number of halogens is 4. The van der Waals surface area contributed by atoms with E-state index in [-0.39, 0.29) is 11.5 Å². The van der Waals surface area contributed by atoms with Crippen LogP contribution in [0.15, 0.2) is 28.9 Å². The molecule has 0 fully saturated rings. The molecular formula is C14H11BrF3N. The van der Waals surface area contributed by atoms with Crippen molar-refractivity contribution in [3.8, 4) is 11.1 Å². The van der Waals surface area contributed by atoms with E-state index in [1.807, 2.05) is 0 Å². The first-order chi connectivity index (χ1) is 8.91. The molecule has 0 atom stereocenters. The number of hydrogen-bond donors (Lipinski definition) is 0. The number of rotatable bonds is 2. The molecule has 100 valence electrons. The third kappa shape index (κ3) is 2.66. The highest BCUT2D eigenvalue weighted by atomic mass is 79.9. The molecule has 2 rings (SSSR count). The zero-order chi connectivity index (χ0) is 14.2. The second kappa shape index (κ2) is 5.33. The SMILES string of the molecule is CC(C)c1c(F)c(F)cc(-c2ccnc(F)c2)c1Br. The fourth-order valence-electron chi connectivity index (χ4n) is 1.91. The first kappa shape index (κ1) is 14.1. The van der Waals surface area contributed by atoms with E-state index in [1.165, 1.54) is 12.3 Å². The van der Waals surface area contributed by atoms with Crippen molar-refractivity contribution in [1.82, 2.24) is 4.98 Å². The van der Waals surface area contributed by atoms with Crippen LogP contribution < -0.4 is 0 Å². The van der Waals surface area contributed by atoms with E-state index in [1.54, 1.807) is 19.9 Å². The van der Waals surface area contributed by atoms with E-state index < -0.39 is 17.6 Å². The second-order valence-corrected chi connectivity index (χ2v) is 5.26. The van der Waals surface area contributed by atoms with Crippen LogP contribution in [-0.2, 0) is 0 Å². The smallest absolute Gasteiger partial charge is 0.213 e. The number of pyridine rings is 1. The monoisotopic (exact) mass is 329 g/mol. The van der Waals surface area contributed by atoms with Crippen LogP contribution in [-0.4, -0.2) is 4.98 Å². The summed E-state index contributed by atoms with van der Waals surface area (Å²) in [4.78, 5) is 3.44. The summed E-state index contributed by atoms with van der Waals surface area (Å²) in [6.45, 7) is 3.53. The van der Waals surface area contributed by atoms with E-state index in [2.05, 4.69) is 20.9 Å². The van der Waals surface area contributed by atoms with E-state index in [0.717, 1.165) is 6.07 Å². The Labute approximate surface area is 117 Å². The van der Waals surface area contributed by atoms with Gasteiger partial charge in [-0.2, -0.15) is 4.39 Å². The van der Waals surface area contributed by atoms with Gasteiger partial charge in [0, 0.05) is 22.3 Å². The van der Waals surface area contributed by atoms with Crippen LogP contribution in [0.4, 0.5) is 13.2 Å². The highest BCUT2D eigenvalue weighted by Gasteiger charge is 2.20. The van der Waals surface area contributed by atoms with Gasteiger partial charge in [-0.15, -0.1) is 0 Å². The molecule has 2 aromatic rings. The van der Waals surface area contributed by atoms with Crippen molar-refractivity contribution in [2.24, 2.45) is 0 Å². The summed E-state index contributed by atoms with van der Waals surface area (Å²) in [5, 5.41) is 0. The summed E-state index contributed by atoms with van der Waals surface area (Å²) in [6, 6.07) is 3.78. The Morgan fingerprint density at radius 3 is 2.42 bits per heavy atom. The molecule has 0 aliphatic heterocycles. The molecule has 1 aromatic heterocycles. The second-order valence-electron chi connectivity index (χ2n) is 4.47. The van der Waals surface area contributed by atoms with Crippen LogP contribution in [0.2, 0.25) is 0 Å². The van der Waals surface area contributed by atoms with Crippen LogP contribution in [0.25, 0.3) is 11.1 Å². The van der Waals surface area contributed by atoms with Crippen LogP contribution >= 0.6 is 15.9 Å². The minimum absolute atomic E-state index is 0.199. The van der Waals surface area contributed by atoms with Gasteiger partial charge in [0.25, 0.3) is 0 Å². The van der Waals surface area contributed by atoms with Crippen molar-refractivity contribution in [2.75, 3.05) is 0 Å². The maximum absolute atomic E-state index is 13.8. The average Bonchev–Trinajstić information content (AvgIpc) is 2.33. The summed E-state index contributed by atoms with van der Waals surface area (Å²) in [5.41, 5.74) is 1.09. The molecule has 0 saturated heterocycles. The van der Waals surface area contributed by atoms with Crippen LogP contribution in [0.1, 0.15) is 25.3 Å². The Balaban J connectivity index is 2.72. The molecule has 0 radical (unpaired) electrons. The van der Waals surface area contributed by atoms with Crippen molar-refractivity contribution in [1.29, 1.82) is 0 Å². The molecule has 0 bridgehead atoms. The van der Waals surface area contributed by atoms with Gasteiger partial charge in [-0.25, -0.2) is 13.8 Å². The normalized spacial score (nSPS) is 11.1. The summed E-state index contributed by atoms with van der Waals surface area (Å²) in [7, 11) is 0. The summed E-state index contributed by atoms with van der Waals surface area (Å²) < 4.78 is 41.0. The molecule has 0 unspecified atom stereocenters. The van der Waals surface area contributed by atoms with Crippen molar-refractivity contribution < 1.29 is 13.2 Å². The van der Waals surface area contributed by atoms with Gasteiger partial charge in [0.15, 0.2) is 11.6 Å². The molecule has 0 saturated carbocycles. The van der Waals surface area contributed by atoms with E-state index >= 15 is 0 Å². The summed E-state index contributed by atoms with van der Waals surface area (Å²) in [5.74, 6) is -2.69. The average molecular weight is 330 g/mol. The lowest BCUT2D eigenvalue weighted by atomic mass is 9.97. The molecule has 19 heavy (non-hydrogen) atoms. The van der Waals surface area contributed by atoms with Crippen molar-refractivity contribution in [3.05, 3.63) is 52.0 Å². The van der Waals surface area contributed by atoms with Gasteiger partial charge in [0.2, 0.25) is 5.95 Å². The highest BCUT2D eigenvalue weighted by molar-refractivity contribution is 9.10. The summed E-state index contributed by atoms with van der Waals surface area (Å²) in [6.07, 6.45) is 1.29. The Bertz CT molecular complexity index is 626. The molecule has 0 N–H and O–H groups in total. The first-order valence-corrected chi connectivity index (χ1v) is 6.50.